The highest BCUT2D eigenvalue weighted by atomic mass is 16.5. The number of ether oxygens (including phenoxy) is 4. The van der Waals surface area contributed by atoms with Crippen LogP contribution in [0.2, 0.25) is 0 Å². The van der Waals surface area contributed by atoms with Crippen LogP contribution in [0.25, 0.3) is 0 Å². The molecule has 2 rings (SSSR count). The van der Waals surface area contributed by atoms with Gasteiger partial charge in [-0.2, -0.15) is 0 Å². The maximum Gasteiger partial charge on any atom is 0.342 e. The van der Waals surface area contributed by atoms with E-state index in [0.717, 1.165) is 0 Å². The highest BCUT2D eigenvalue weighted by Crippen LogP contribution is 2.31. The van der Waals surface area contributed by atoms with Gasteiger partial charge in [0.15, 0.2) is 18.1 Å². The van der Waals surface area contributed by atoms with Gasteiger partial charge in [0.05, 0.1) is 20.8 Å². The highest BCUT2D eigenvalue weighted by Gasteiger charge is 2.23. The second-order valence-corrected chi connectivity index (χ2v) is 5.74. The first-order valence-electron chi connectivity index (χ1n) is 8.91. The van der Waals surface area contributed by atoms with E-state index in [1.54, 1.807) is 49.4 Å². The van der Waals surface area contributed by atoms with Crippen molar-refractivity contribution in [2.45, 2.75) is 6.92 Å². The van der Waals surface area contributed by atoms with E-state index in [1.807, 2.05) is 0 Å². The van der Waals surface area contributed by atoms with Crippen molar-refractivity contribution >= 4 is 23.5 Å². The molecule has 0 aliphatic rings. The molecular weight excluding hydrogens is 378 g/mol. The Hall–Kier alpha value is -3.55. The van der Waals surface area contributed by atoms with Crippen LogP contribution in [0.1, 0.15) is 17.3 Å². The molecule has 0 aromatic heterocycles. The third kappa shape index (κ3) is 5.71. The Morgan fingerprint density at radius 2 is 1.62 bits per heavy atom. The molecule has 2 aromatic rings. The van der Waals surface area contributed by atoms with Crippen LogP contribution in [0.3, 0.4) is 0 Å². The number of amides is 1. The Morgan fingerprint density at radius 3 is 2.24 bits per heavy atom. The van der Waals surface area contributed by atoms with E-state index < -0.39 is 24.5 Å². The van der Waals surface area contributed by atoms with Gasteiger partial charge >= 0.3 is 11.9 Å². The summed E-state index contributed by atoms with van der Waals surface area (Å²) in [6.45, 7) is 1.01. The van der Waals surface area contributed by atoms with Crippen molar-refractivity contribution in [2.24, 2.45) is 0 Å². The fourth-order valence-corrected chi connectivity index (χ4v) is 2.60. The molecule has 0 bridgehead atoms. The van der Waals surface area contributed by atoms with Gasteiger partial charge in [0.1, 0.15) is 12.1 Å². The molecule has 0 heterocycles. The predicted molar refractivity (Wildman–Crippen MR) is 105 cm³/mol. The zero-order valence-electron chi connectivity index (χ0n) is 16.5. The molecule has 2 aromatic carbocycles. The molecule has 0 unspecified atom stereocenters. The quantitative estimate of drug-likeness (QED) is 0.596. The van der Waals surface area contributed by atoms with Crippen molar-refractivity contribution in [3.63, 3.8) is 0 Å². The molecule has 8 nitrogen and oxygen atoms in total. The summed E-state index contributed by atoms with van der Waals surface area (Å²) in [7, 11) is 2.85. The van der Waals surface area contributed by atoms with Crippen LogP contribution >= 0.6 is 0 Å². The van der Waals surface area contributed by atoms with Crippen molar-refractivity contribution in [3.05, 3.63) is 54.1 Å². The molecule has 154 valence electrons. The summed E-state index contributed by atoms with van der Waals surface area (Å²) in [5, 5.41) is 0. The zero-order chi connectivity index (χ0) is 21.2. The van der Waals surface area contributed by atoms with E-state index in [2.05, 4.69) is 0 Å². The number of esters is 2. The number of anilines is 1. The lowest BCUT2D eigenvalue weighted by molar-refractivity contribution is -0.142. The first-order chi connectivity index (χ1) is 14.0. The molecule has 1 amide bonds. The van der Waals surface area contributed by atoms with Crippen molar-refractivity contribution < 1.29 is 33.3 Å². The zero-order valence-corrected chi connectivity index (χ0v) is 16.5. The number of nitrogens with zero attached hydrogens (tertiary/aromatic N) is 1. The Morgan fingerprint density at radius 1 is 0.897 bits per heavy atom. The fourth-order valence-electron chi connectivity index (χ4n) is 2.60. The van der Waals surface area contributed by atoms with Crippen LogP contribution in [-0.2, 0) is 19.1 Å². The minimum absolute atomic E-state index is 0.122. The van der Waals surface area contributed by atoms with Gasteiger partial charge in [-0.15, -0.1) is 0 Å². The summed E-state index contributed by atoms with van der Waals surface area (Å²) in [5.41, 5.74) is 0.608. The summed E-state index contributed by atoms with van der Waals surface area (Å²) in [6.07, 6.45) is 0. The van der Waals surface area contributed by atoms with Crippen LogP contribution in [0, 0.1) is 0 Å². The van der Waals surface area contributed by atoms with E-state index >= 15 is 0 Å². The van der Waals surface area contributed by atoms with E-state index in [1.165, 1.54) is 25.2 Å². The minimum Gasteiger partial charge on any atom is -0.493 e. The van der Waals surface area contributed by atoms with Crippen molar-refractivity contribution in [1.82, 2.24) is 0 Å². The molecule has 0 fully saturated rings. The monoisotopic (exact) mass is 401 g/mol. The third-order valence-corrected chi connectivity index (χ3v) is 3.91. The molecule has 0 saturated heterocycles. The Balaban J connectivity index is 2.13. The standard InChI is InChI=1S/C21H23NO7/c1-4-28-19(24)13-22(15-9-6-5-7-10-15)18(23)14-29-21(25)16-11-8-12-17(26-2)20(16)27-3/h5-12H,4,13-14H2,1-3H3. The summed E-state index contributed by atoms with van der Waals surface area (Å²) in [6, 6.07) is 13.3. The summed E-state index contributed by atoms with van der Waals surface area (Å²) < 4.78 is 20.4. The van der Waals surface area contributed by atoms with Gasteiger partial charge in [0, 0.05) is 5.69 Å². The van der Waals surface area contributed by atoms with Crippen LogP contribution < -0.4 is 14.4 Å². The topological polar surface area (TPSA) is 91.4 Å². The summed E-state index contributed by atoms with van der Waals surface area (Å²) >= 11 is 0. The molecule has 29 heavy (non-hydrogen) atoms. The highest BCUT2D eigenvalue weighted by molar-refractivity contribution is 6.00. The second-order valence-electron chi connectivity index (χ2n) is 5.74. The van der Waals surface area contributed by atoms with Crippen LogP contribution in [-0.4, -0.2) is 51.8 Å². The average Bonchev–Trinajstić information content (AvgIpc) is 2.75. The average molecular weight is 401 g/mol. The first kappa shape index (κ1) is 21.7. The maximum atomic E-state index is 12.7. The summed E-state index contributed by atoms with van der Waals surface area (Å²) in [4.78, 5) is 38.2. The molecule has 0 N–H and O–H groups in total. The molecule has 0 atom stereocenters. The number of hydrogen-bond donors (Lipinski definition) is 0. The van der Waals surface area contributed by atoms with Gasteiger partial charge in [-0.05, 0) is 31.2 Å². The third-order valence-electron chi connectivity index (χ3n) is 3.91. The van der Waals surface area contributed by atoms with Gasteiger partial charge < -0.3 is 18.9 Å². The lowest BCUT2D eigenvalue weighted by Crippen LogP contribution is -2.39. The van der Waals surface area contributed by atoms with Gasteiger partial charge in [0.25, 0.3) is 5.91 Å². The van der Waals surface area contributed by atoms with Gasteiger partial charge in [-0.25, -0.2) is 4.79 Å². The number of benzene rings is 2. The van der Waals surface area contributed by atoms with Crippen LogP contribution in [0.15, 0.2) is 48.5 Å². The molecule has 0 spiro atoms. The molecule has 0 saturated carbocycles. The number of hydrogen-bond acceptors (Lipinski definition) is 7. The number of para-hydroxylation sites is 2. The van der Waals surface area contributed by atoms with E-state index in [9.17, 15) is 14.4 Å². The van der Waals surface area contributed by atoms with Gasteiger partial charge in [-0.3, -0.25) is 14.5 Å². The van der Waals surface area contributed by atoms with E-state index in [4.69, 9.17) is 18.9 Å². The minimum atomic E-state index is -0.752. The Kier molecular flexibility index (Phi) is 8.02. The van der Waals surface area contributed by atoms with Crippen LogP contribution in [0.4, 0.5) is 5.69 Å². The fraction of sp³-hybridized carbons (Fsp3) is 0.286. The SMILES string of the molecule is CCOC(=O)CN(C(=O)COC(=O)c1cccc(OC)c1OC)c1ccccc1. The predicted octanol–water partition coefficient (Wildman–Crippen LogP) is 2.46. The molecule has 0 aliphatic heterocycles. The van der Waals surface area contributed by atoms with Crippen molar-refractivity contribution in [2.75, 3.05) is 38.9 Å². The second kappa shape index (κ2) is 10.7. The first-order valence-corrected chi connectivity index (χ1v) is 8.91. The molecule has 8 heteroatoms. The maximum absolute atomic E-state index is 12.7. The van der Waals surface area contributed by atoms with Crippen molar-refractivity contribution in [1.29, 1.82) is 0 Å². The smallest absolute Gasteiger partial charge is 0.342 e. The van der Waals surface area contributed by atoms with E-state index in [0.29, 0.717) is 11.4 Å². The lowest BCUT2D eigenvalue weighted by atomic mass is 10.2. The number of rotatable bonds is 9. The largest absolute Gasteiger partial charge is 0.493 e. The number of carbonyl (C=O) groups excluding carboxylic acids is 3. The van der Waals surface area contributed by atoms with Crippen molar-refractivity contribution in [3.8, 4) is 11.5 Å². The van der Waals surface area contributed by atoms with Gasteiger partial charge in [0.2, 0.25) is 0 Å². The van der Waals surface area contributed by atoms with E-state index in [-0.39, 0.29) is 24.5 Å². The molecular formula is C21H23NO7. The number of methoxy groups -OCH3 is 2. The van der Waals surface area contributed by atoms with Gasteiger partial charge in [-0.1, -0.05) is 24.3 Å². The lowest BCUT2D eigenvalue weighted by Gasteiger charge is -2.21. The van der Waals surface area contributed by atoms with Crippen LogP contribution in [0.5, 0.6) is 11.5 Å². The Bertz CT molecular complexity index is 851. The Labute approximate surface area is 168 Å². The summed E-state index contributed by atoms with van der Waals surface area (Å²) in [5.74, 6) is -1.32. The number of carbonyl (C=O) groups is 3. The normalized spacial score (nSPS) is 10.0. The molecule has 0 aliphatic carbocycles. The molecule has 0 radical (unpaired) electrons.